The minimum atomic E-state index is -0.469. The van der Waals surface area contributed by atoms with Gasteiger partial charge in [-0.3, -0.25) is 4.79 Å². The topological polar surface area (TPSA) is 44.8 Å². The van der Waals surface area contributed by atoms with Gasteiger partial charge < -0.3 is 14.2 Å². The molecule has 0 aromatic rings. The van der Waals surface area contributed by atoms with E-state index < -0.39 is 11.7 Å². The van der Waals surface area contributed by atoms with Gasteiger partial charge in [-0.25, -0.2) is 0 Å². The Hall–Kier alpha value is -0.610. The minimum absolute atomic E-state index is 0.208. The van der Waals surface area contributed by atoms with E-state index in [-0.39, 0.29) is 11.6 Å². The highest BCUT2D eigenvalue weighted by Gasteiger charge is 2.40. The van der Waals surface area contributed by atoms with Crippen LogP contribution in [0, 0.1) is 5.41 Å². The monoisotopic (exact) mass is 230 g/mol. The van der Waals surface area contributed by atoms with Gasteiger partial charge in [-0.15, -0.1) is 0 Å². The highest BCUT2D eigenvalue weighted by atomic mass is 16.7. The van der Waals surface area contributed by atoms with Gasteiger partial charge >= 0.3 is 5.97 Å². The number of esters is 1. The van der Waals surface area contributed by atoms with Gasteiger partial charge in [-0.1, -0.05) is 6.92 Å². The zero-order chi connectivity index (χ0) is 12.4. The number of methoxy groups -OCH3 is 1. The molecular formula is C12H22O4. The molecule has 1 aliphatic heterocycles. The molecule has 2 unspecified atom stereocenters. The smallest absolute Gasteiger partial charge is 0.313 e. The second-order valence-corrected chi connectivity index (χ2v) is 5.24. The number of hydrogen-bond acceptors (Lipinski definition) is 4. The zero-order valence-corrected chi connectivity index (χ0v) is 10.8. The maximum absolute atomic E-state index is 11.8. The first-order chi connectivity index (χ1) is 7.33. The Kier molecular flexibility index (Phi) is 3.97. The lowest BCUT2D eigenvalue weighted by Gasteiger charge is -2.23. The molecule has 0 saturated carbocycles. The lowest BCUT2D eigenvalue weighted by Crippen LogP contribution is -2.31. The van der Waals surface area contributed by atoms with Crippen LogP contribution in [0.25, 0.3) is 0 Å². The summed E-state index contributed by atoms with van der Waals surface area (Å²) in [5.74, 6) is -0.208. The van der Waals surface area contributed by atoms with Crippen LogP contribution in [0.2, 0.25) is 0 Å². The van der Waals surface area contributed by atoms with Crippen LogP contribution in [0.1, 0.15) is 40.5 Å². The second kappa shape index (κ2) is 4.72. The van der Waals surface area contributed by atoms with E-state index in [2.05, 4.69) is 0 Å². The number of rotatable bonds is 4. The van der Waals surface area contributed by atoms with Gasteiger partial charge in [-0.05, 0) is 27.2 Å². The minimum Gasteiger partial charge on any atom is -0.435 e. The van der Waals surface area contributed by atoms with Gasteiger partial charge in [-0.2, -0.15) is 0 Å². The van der Waals surface area contributed by atoms with Crippen LogP contribution < -0.4 is 0 Å². The van der Waals surface area contributed by atoms with Crippen molar-refractivity contribution in [1.29, 1.82) is 0 Å². The van der Waals surface area contributed by atoms with Crippen molar-refractivity contribution in [3.05, 3.63) is 0 Å². The third-order valence-electron chi connectivity index (χ3n) is 3.34. The third kappa shape index (κ3) is 2.95. The lowest BCUT2D eigenvalue weighted by molar-refractivity contribution is -0.180. The third-order valence-corrected chi connectivity index (χ3v) is 3.34. The summed E-state index contributed by atoms with van der Waals surface area (Å²) in [5.41, 5.74) is -0.781. The highest BCUT2D eigenvalue weighted by Crippen LogP contribution is 2.30. The van der Waals surface area contributed by atoms with Crippen LogP contribution in [0.4, 0.5) is 0 Å². The van der Waals surface area contributed by atoms with Gasteiger partial charge in [0.2, 0.25) is 6.29 Å². The summed E-state index contributed by atoms with van der Waals surface area (Å²) < 4.78 is 16.0. The molecule has 0 spiro atoms. The van der Waals surface area contributed by atoms with Crippen LogP contribution in [-0.4, -0.2) is 31.6 Å². The first-order valence-electron chi connectivity index (χ1n) is 5.71. The Balaban J connectivity index is 2.49. The molecule has 2 atom stereocenters. The van der Waals surface area contributed by atoms with Crippen molar-refractivity contribution < 1.29 is 19.0 Å². The van der Waals surface area contributed by atoms with Crippen LogP contribution in [0.5, 0.6) is 0 Å². The molecule has 0 aromatic carbocycles. The first-order valence-corrected chi connectivity index (χ1v) is 5.71. The molecule has 0 aromatic heterocycles. The van der Waals surface area contributed by atoms with Gasteiger partial charge in [0.05, 0.1) is 17.6 Å². The van der Waals surface area contributed by atoms with Crippen molar-refractivity contribution in [2.75, 3.05) is 13.7 Å². The average Bonchev–Trinajstić information content (AvgIpc) is 2.61. The van der Waals surface area contributed by atoms with Crippen molar-refractivity contribution in [3.8, 4) is 0 Å². The SMILES string of the molecule is CCC(C)(C)C(=O)OC1CC(C)(OC)CO1. The van der Waals surface area contributed by atoms with Crippen LogP contribution >= 0.6 is 0 Å². The van der Waals surface area contributed by atoms with E-state index in [1.807, 2.05) is 27.7 Å². The molecule has 4 heteroatoms. The maximum Gasteiger partial charge on any atom is 0.313 e. The Morgan fingerprint density at radius 2 is 2.19 bits per heavy atom. The van der Waals surface area contributed by atoms with E-state index >= 15 is 0 Å². The Labute approximate surface area is 97.2 Å². The van der Waals surface area contributed by atoms with Crippen molar-refractivity contribution in [2.45, 2.75) is 52.4 Å². The summed E-state index contributed by atoms with van der Waals surface area (Å²) >= 11 is 0. The predicted octanol–water partition coefficient (Wildman–Crippen LogP) is 2.12. The van der Waals surface area contributed by atoms with Gasteiger partial charge in [0.15, 0.2) is 0 Å². The van der Waals surface area contributed by atoms with Crippen LogP contribution in [0.15, 0.2) is 0 Å². The molecule has 0 bridgehead atoms. The standard InChI is InChI=1S/C12H22O4/c1-6-11(2,3)10(13)16-9-7-12(4,14-5)8-15-9/h9H,6-8H2,1-5H3. The number of carbonyl (C=O) groups is 1. The summed E-state index contributed by atoms with van der Waals surface area (Å²) in [4.78, 5) is 11.8. The Morgan fingerprint density at radius 3 is 2.62 bits per heavy atom. The summed E-state index contributed by atoms with van der Waals surface area (Å²) in [6, 6.07) is 0. The van der Waals surface area contributed by atoms with E-state index in [1.54, 1.807) is 7.11 Å². The van der Waals surface area contributed by atoms with Crippen molar-refractivity contribution in [3.63, 3.8) is 0 Å². The molecule has 1 heterocycles. The number of hydrogen-bond donors (Lipinski definition) is 0. The molecule has 0 N–H and O–H groups in total. The molecule has 1 rings (SSSR count). The molecule has 0 amide bonds. The van der Waals surface area contributed by atoms with E-state index in [1.165, 1.54) is 0 Å². The highest BCUT2D eigenvalue weighted by molar-refractivity contribution is 5.75. The molecular weight excluding hydrogens is 208 g/mol. The quantitative estimate of drug-likeness (QED) is 0.694. The fraction of sp³-hybridized carbons (Fsp3) is 0.917. The first kappa shape index (κ1) is 13.5. The van der Waals surface area contributed by atoms with Crippen LogP contribution in [0.3, 0.4) is 0 Å². The molecule has 1 fully saturated rings. The van der Waals surface area contributed by atoms with Gasteiger partial charge in [0.25, 0.3) is 0 Å². The fourth-order valence-corrected chi connectivity index (χ4v) is 1.38. The molecule has 0 aliphatic carbocycles. The summed E-state index contributed by atoms with van der Waals surface area (Å²) in [6.45, 7) is 8.13. The van der Waals surface area contributed by atoms with E-state index in [9.17, 15) is 4.79 Å². The fourth-order valence-electron chi connectivity index (χ4n) is 1.38. The molecule has 1 aliphatic rings. The Bertz CT molecular complexity index is 262. The van der Waals surface area contributed by atoms with E-state index in [0.29, 0.717) is 13.0 Å². The molecule has 4 nitrogen and oxygen atoms in total. The maximum atomic E-state index is 11.8. The lowest BCUT2D eigenvalue weighted by atomic mass is 9.91. The normalized spacial score (nSPS) is 30.4. The Morgan fingerprint density at radius 1 is 1.56 bits per heavy atom. The number of ether oxygens (including phenoxy) is 3. The summed E-state index contributed by atoms with van der Waals surface area (Å²) in [6.07, 6.45) is 0.873. The molecule has 94 valence electrons. The molecule has 16 heavy (non-hydrogen) atoms. The van der Waals surface area contributed by atoms with Crippen LogP contribution in [-0.2, 0) is 19.0 Å². The largest absolute Gasteiger partial charge is 0.435 e. The van der Waals surface area contributed by atoms with E-state index in [4.69, 9.17) is 14.2 Å². The van der Waals surface area contributed by atoms with Gasteiger partial charge in [0, 0.05) is 13.5 Å². The van der Waals surface area contributed by atoms with Crippen molar-refractivity contribution in [1.82, 2.24) is 0 Å². The van der Waals surface area contributed by atoms with Crippen molar-refractivity contribution in [2.24, 2.45) is 5.41 Å². The predicted molar refractivity (Wildman–Crippen MR) is 59.9 cm³/mol. The molecule has 1 saturated heterocycles. The van der Waals surface area contributed by atoms with E-state index in [0.717, 1.165) is 6.42 Å². The summed E-state index contributed by atoms with van der Waals surface area (Å²) in [5, 5.41) is 0. The summed E-state index contributed by atoms with van der Waals surface area (Å²) in [7, 11) is 1.64. The number of carbonyl (C=O) groups excluding carboxylic acids is 1. The van der Waals surface area contributed by atoms with Gasteiger partial charge in [0.1, 0.15) is 0 Å². The molecule has 0 radical (unpaired) electrons. The second-order valence-electron chi connectivity index (χ2n) is 5.24. The zero-order valence-electron chi connectivity index (χ0n) is 10.8. The van der Waals surface area contributed by atoms with Crippen molar-refractivity contribution >= 4 is 5.97 Å². The average molecular weight is 230 g/mol.